The van der Waals surface area contributed by atoms with Crippen LogP contribution in [0, 0.1) is 17.3 Å². The first-order valence-electron chi connectivity index (χ1n) is 12.1. The minimum Gasteiger partial charge on any atom is -0.508 e. The van der Waals surface area contributed by atoms with E-state index in [-0.39, 0.29) is 5.41 Å². The van der Waals surface area contributed by atoms with Gasteiger partial charge >= 0.3 is 0 Å². The lowest BCUT2D eigenvalue weighted by molar-refractivity contribution is 0.00789. The van der Waals surface area contributed by atoms with Crippen LogP contribution in [0.4, 0.5) is 0 Å². The van der Waals surface area contributed by atoms with E-state index in [0.29, 0.717) is 23.6 Å². The third-order valence-corrected chi connectivity index (χ3v) is 8.53. The molecule has 1 saturated carbocycles. The van der Waals surface area contributed by atoms with Gasteiger partial charge in [0, 0.05) is 12.6 Å². The highest BCUT2D eigenvalue weighted by Crippen LogP contribution is 2.56. The molecule has 1 fully saturated rings. The van der Waals surface area contributed by atoms with Crippen LogP contribution in [0.25, 0.3) is 0 Å². The first-order chi connectivity index (χ1) is 15.0. The molecule has 2 aromatic carbocycles. The molecule has 0 amide bonds. The molecule has 0 radical (unpaired) electrons. The zero-order chi connectivity index (χ0) is 22.0. The van der Waals surface area contributed by atoms with Gasteiger partial charge in [-0.15, -0.1) is 0 Å². The fourth-order valence-corrected chi connectivity index (χ4v) is 6.55. The number of phenols is 1. The molecule has 0 heterocycles. The lowest BCUT2D eigenvalue weighted by atomic mass is 9.53. The third kappa shape index (κ3) is 4.35. The van der Waals surface area contributed by atoms with Crippen molar-refractivity contribution < 1.29 is 9.84 Å². The van der Waals surface area contributed by atoms with Crippen LogP contribution in [0.1, 0.15) is 75.5 Å². The summed E-state index contributed by atoms with van der Waals surface area (Å²) >= 11 is 0. The minimum atomic E-state index is 0.290. The van der Waals surface area contributed by atoms with Crippen molar-refractivity contribution in [2.45, 2.75) is 77.8 Å². The highest BCUT2D eigenvalue weighted by atomic mass is 16.5. The standard InChI is InChI=1S/C28H39NO2/c1-5-7-27(29-18-20-8-6-9-22(30)16-20)28(3)15-14-26-24(19(28)2)12-10-21-17-23(31-4)11-13-25(21)26/h6,8-9,11,13,16-17,19,24,26-27,29-30H,5,7,10,12,14-15,18H2,1-4H3. The first kappa shape index (κ1) is 22.2. The smallest absolute Gasteiger partial charge is 0.119 e. The Balaban J connectivity index is 1.52. The summed E-state index contributed by atoms with van der Waals surface area (Å²) in [5.41, 5.74) is 4.53. The second kappa shape index (κ2) is 9.24. The molecule has 5 unspecified atom stereocenters. The molecule has 2 aromatic rings. The fourth-order valence-electron chi connectivity index (χ4n) is 6.55. The largest absolute Gasteiger partial charge is 0.508 e. The molecule has 3 heteroatoms. The van der Waals surface area contributed by atoms with Crippen molar-refractivity contribution in [2.24, 2.45) is 17.3 Å². The number of ether oxygens (including phenoxy) is 1. The molecule has 2 aliphatic rings. The Morgan fingerprint density at radius 2 is 2.03 bits per heavy atom. The van der Waals surface area contributed by atoms with E-state index in [1.807, 2.05) is 12.1 Å². The van der Waals surface area contributed by atoms with E-state index in [1.165, 1.54) is 44.1 Å². The van der Waals surface area contributed by atoms with Crippen LogP contribution in [-0.4, -0.2) is 18.3 Å². The molecular weight excluding hydrogens is 382 g/mol. The van der Waals surface area contributed by atoms with Crippen LogP contribution in [0.2, 0.25) is 0 Å². The molecule has 3 nitrogen and oxygen atoms in total. The Morgan fingerprint density at radius 3 is 2.77 bits per heavy atom. The molecule has 0 aliphatic heterocycles. The van der Waals surface area contributed by atoms with Crippen LogP contribution in [-0.2, 0) is 13.0 Å². The summed E-state index contributed by atoms with van der Waals surface area (Å²) in [7, 11) is 1.76. The maximum atomic E-state index is 9.83. The number of methoxy groups -OCH3 is 1. The van der Waals surface area contributed by atoms with Gasteiger partial charge in [0.15, 0.2) is 0 Å². The fraction of sp³-hybridized carbons (Fsp3) is 0.571. The quantitative estimate of drug-likeness (QED) is 0.540. The molecule has 2 N–H and O–H groups in total. The van der Waals surface area contributed by atoms with Crippen LogP contribution in [0.3, 0.4) is 0 Å². The van der Waals surface area contributed by atoms with Crippen LogP contribution in [0.15, 0.2) is 42.5 Å². The lowest BCUT2D eigenvalue weighted by Crippen LogP contribution is -2.52. The summed E-state index contributed by atoms with van der Waals surface area (Å²) in [6, 6.07) is 14.9. The van der Waals surface area contributed by atoms with E-state index in [2.05, 4.69) is 50.4 Å². The number of aryl methyl sites for hydroxylation is 1. The Hall–Kier alpha value is -2.00. The van der Waals surface area contributed by atoms with E-state index < -0.39 is 0 Å². The highest BCUT2D eigenvalue weighted by Gasteiger charge is 2.49. The maximum Gasteiger partial charge on any atom is 0.119 e. The van der Waals surface area contributed by atoms with Gasteiger partial charge in [0.2, 0.25) is 0 Å². The predicted molar refractivity (Wildman–Crippen MR) is 128 cm³/mol. The Morgan fingerprint density at radius 1 is 1.19 bits per heavy atom. The number of benzene rings is 2. The number of rotatable bonds is 7. The van der Waals surface area contributed by atoms with Gasteiger partial charge in [-0.3, -0.25) is 0 Å². The molecule has 0 aromatic heterocycles. The zero-order valence-electron chi connectivity index (χ0n) is 19.7. The van der Waals surface area contributed by atoms with Gasteiger partial charge in [-0.2, -0.15) is 0 Å². The molecule has 31 heavy (non-hydrogen) atoms. The molecular formula is C28H39NO2. The minimum absolute atomic E-state index is 0.290. The van der Waals surface area contributed by atoms with Gasteiger partial charge in [-0.25, -0.2) is 0 Å². The summed E-state index contributed by atoms with van der Waals surface area (Å²) in [6.45, 7) is 8.17. The molecule has 5 atom stereocenters. The summed E-state index contributed by atoms with van der Waals surface area (Å²) in [5, 5.41) is 13.7. The van der Waals surface area contributed by atoms with Crippen molar-refractivity contribution in [3.8, 4) is 11.5 Å². The summed E-state index contributed by atoms with van der Waals surface area (Å²) in [6.07, 6.45) is 7.38. The summed E-state index contributed by atoms with van der Waals surface area (Å²) in [5.74, 6) is 3.45. The average Bonchev–Trinajstić information content (AvgIpc) is 2.78. The number of aromatic hydroxyl groups is 1. The SMILES string of the molecule is CCCC(NCc1cccc(O)c1)C1(C)CCC2c3ccc(OC)cc3CCC2C1C. The van der Waals surface area contributed by atoms with Crippen molar-refractivity contribution in [2.75, 3.05) is 7.11 Å². The van der Waals surface area contributed by atoms with Crippen molar-refractivity contribution >= 4 is 0 Å². The molecule has 0 saturated heterocycles. The van der Waals surface area contributed by atoms with Gasteiger partial charge in [-0.05, 0) is 96.2 Å². The predicted octanol–water partition coefficient (Wildman–Crippen LogP) is 6.44. The maximum absolute atomic E-state index is 9.83. The van der Waals surface area contributed by atoms with Crippen molar-refractivity contribution in [1.82, 2.24) is 5.32 Å². The zero-order valence-corrected chi connectivity index (χ0v) is 19.7. The van der Waals surface area contributed by atoms with E-state index >= 15 is 0 Å². The first-order valence-corrected chi connectivity index (χ1v) is 12.1. The second-order valence-electron chi connectivity index (χ2n) is 10.1. The monoisotopic (exact) mass is 421 g/mol. The van der Waals surface area contributed by atoms with Gasteiger partial charge in [-0.1, -0.05) is 45.4 Å². The number of hydrogen-bond donors (Lipinski definition) is 2. The van der Waals surface area contributed by atoms with E-state index in [0.717, 1.165) is 23.8 Å². The number of hydrogen-bond acceptors (Lipinski definition) is 3. The van der Waals surface area contributed by atoms with Crippen LogP contribution in [0.5, 0.6) is 11.5 Å². The van der Waals surface area contributed by atoms with Crippen molar-refractivity contribution in [1.29, 1.82) is 0 Å². The molecule has 0 bridgehead atoms. The van der Waals surface area contributed by atoms with E-state index in [1.54, 1.807) is 18.7 Å². The van der Waals surface area contributed by atoms with E-state index in [4.69, 9.17) is 4.74 Å². The second-order valence-corrected chi connectivity index (χ2v) is 10.1. The van der Waals surface area contributed by atoms with Crippen molar-refractivity contribution in [3.63, 3.8) is 0 Å². The molecule has 4 rings (SSSR count). The average molecular weight is 422 g/mol. The number of phenolic OH excluding ortho intramolecular Hbond substituents is 1. The van der Waals surface area contributed by atoms with Gasteiger partial charge in [0.05, 0.1) is 7.11 Å². The Kier molecular flexibility index (Phi) is 6.62. The molecule has 0 spiro atoms. The summed E-state index contributed by atoms with van der Waals surface area (Å²) in [4.78, 5) is 0. The Labute approximate surface area is 188 Å². The van der Waals surface area contributed by atoms with Gasteiger partial charge in [0.25, 0.3) is 0 Å². The molecule has 2 aliphatic carbocycles. The van der Waals surface area contributed by atoms with Crippen molar-refractivity contribution in [3.05, 3.63) is 59.2 Å². The normalized spacial score (nSPS) is 28.5. The topological polar surface area (TPSA) is 41.5 Å². The highest BCUT2D eigenvalue weighted by molar-refractivity contribution is 5.40. The van der Waals surface area contributed by atoms with Gasteiger partial charge in [0.1, 0.15) is 11.5 Å². The Bertz CT molecular complexity index is 894. The van der Waals surface area contributed by atoms with E-state index in [9.17, 15) is 5.11 Å². The lowest BCUT2D eigenvalue weighted by Gasteiger charge is -2.54. The third-order valence-electron chi connectivity index (χ3n) is 8.53. The molecule has 168 valence electrons. The van der Waals surface area contributed by atoms with Gasteiger partial charge < -0.3 is 15.2 Å². The van der Waals surface area contributed by atoms with Crippen LogP contribution < -0.4 is 10.1 Å². The summed E-state index contributed by atoms with van der Waals surface area (Å²) < 4.78 is 5.48. The number of fused-ring (bicyclic) bond motifs is 3. The van der Waals surface area contributed by atoms with Crippen LogP contribution >= 0.6 is 0 Å². The number of nitrogens with one attached hydrogen (secondary N) is 1.